The number of benzene rings is 2. The van der Waals surface area contributed by atoms with E-state index in [4.69, 9.17) is 9.15 Å². The molecular weight excluding hydrogens is 464 g/mol. The van der Waals surface area contributed by atoms with Gasteiger partial charge in [-0.15, -0.1) is 15.3 Å². The first-order valence-corrected chi connectivity index (χ1v) is 12.2. The van der Waals surface area contributed by atoms with E-state index in [2.05, 4.69) is 86.5 Å². The van der Waals surface area contributed by atoms with Gasteiger partial charge in [0.25, 0.3) is 0 Å². The summed E-state index contributed by atoms with van der Waals surface area (Å²) in [5, 5.41) is 12.6. The van der Waals surface area contributed by atoms with E-state index >= 15 is 0 Å². The maximum atomic E-state index is 12.9. The van der Waals surface area contributed by atoms with Crippen LogP contribution in [-0.4, -0.2) is 21.9 Å². The summed E-state index contributed by atoms with van der Waals surface area (Å²) in [6.45, 7) is 13.0. The summed E-state index contributed by atoms with van der Waals surface area (Å²) in [5.74, 6) is 1.14. The molecule has 0 fully saturated rings. The van der Waals surface area contributed by atoms with Crippen LogP contribution in [0.5, 0.6) is 0 Å². The minimum atomic E-state index is -0.242. The van der Waals surface area contributed by atoms with Gasteiger partial charge >= 0.3 is 0 Å². The molecule has 0 unspecified atom stereocenters. The first kappa shape index (κ1) is 24.4. The molecule has 1 N–H and O–H groups in total. The number of hydrazone groups is 1. The Labute approximate surface area is 216 Å². The number of nitrogens with zero attached hydrogens (tertiary/aromatic N) is 3. The van der Waals surface area contributed by atoms with Gasteiger partial charge < -0.3 is 9.15 Å². The highest BCUT2D eigenvalue weighted by molar-refractivity contribution is 6.13. The average Bonchev–Trinajstić information content (AvgIpc) is 3.54. The molecule has 0 bridgehead atoms. The molecule has 188 valence electrons. The van der Waals surface area contributed by atoms with E-state index < -0.39 is 0 Å². The maximum Gasteiger partial charge on any atom is 0.248 e. The molecule has 0 saturated heterocycles. The van der Waals surface area contributed by atoms with Crippen LogP contribution in [-0.2, 0) is 20.4 Å². The second-order valence-electron chi connectivity index (χ2n) is 11.2. The summed E-state index contributed by atoms with van der Waals surface area (Å²) in [6, 6.07) is 16.1. The topological polar surface area (TPSA) is 89.6 Å². The lowest BCUT2D eigenvalue weighted by Gasteiger charge is -2.19. The molecule has 7 nitrogen and oxygen atoms in total. The number of allylic oxidation sites excluding steroid dienone is 5. The number of rotatable bonds is 3. The normalized spacial score (nSPS) is 17.8. The predicted molar refractivity (Wildman–Crippen MR) is 143 cm³/mol. The molecule has 3 aromatic rings. The second-order valence-corrected chi connectivity index (χ2v) is 11.2. The van der Waals surface area contributed by atoms with Crippen LogP contribution in [0, 0.1) is 0 Å². The lowest BCUT2D eigenvalue weighted by molar-refractivity contribution is -0.111. The summed E-state index contributed by atoms with van der Waals surface area (Å²) in [4.78, 5) is 12.9. The van der Waals surface area contributed by atoms with Gasteiger partial charge in [-0.2, -0.15) is 0 Å². The molecule has 1 aliphatic heterocycles. The number of ether oxygens (including phenoxy) is 1. The Hall–Kier alpha value is -4.26. The average molecular weight is 495 g/mol. The van der Waals surface area contributed by atoms with Crippen LogP contribution in [0.4, 0.5) is 0 Å². The third-order valence-corrected chi connectivity index (χ3v) is 6.35. The van der Waals surface area contributed by atoms with E-state index in [9.17, 15) is 4.79 Å². The minimum absolute atomic E-state index is 0.0572. The molecule has 2 aromatic carbocycles. The van der Waals surface area contributed by atoms with Crippen molar-refractivity contribution in [2.75, 3.05) is 0 Å². The van der Waals surface area contributed by atoms with Gasteiger partial charge in [0.2, 0.25) is 23.6 Å². The van der Waals surface area contributed by atoms with Crippen LogP contribution < -0.4 is 5.43 Å². The number of aromatic nitrogens is 2. The van der Waals surface area contributed by atoms with Crippen molar-refractivity contribution in [3.63, 3.8) is 0 Å². The van der Waals surface area contributed by atoms with Gasteiger partial charge in [-0.3, -0.25) is 4.79 Å². The fourth-order valence-electron chi connectivity index (χ4n) is 4.01. The molecular formula is C30H30N4O3. The molecule has 7 heteroatoms. The lowest BCUT2D eigenvalue weighted by Crippen LogP contribution is -2.13. The summed E-state index contributed by atoms with van der Waals surface area (Å²) in [6.07, 6.45) is 4.89. The zero-order valence-electron chi connectivity index (χ0n) is 21.9. The molecule has 37 heavy (non-hydrogen) atoms. The summed E-state index contributed by atoms with van der Waals surface area (Å²) < 4.78 is 11.8. The fourth-order valence-corrected chi connectivity index (χ4v) is 4.01. The van der Waals surface area contributed by atoms with Gasteiger partial charge in [0.1, 0.15) is 0 Å². The van der Waals surface area contributed by atoms with Crippen molar-refractivity contribution in [3.05, 3.63) is 101 Å². The number of hydrogen-bond donors (Lipinski definition) is 1. The Kier molecular flexibility index (Phi) is 5.94. The molecule has 2 heterocycles. The van der Waals surface area contributed by atoms with Gasteiger partial charge in [-0.25, -0.2) is 5.43 Å². The van der Waals surface area contributed by atoms with Crippen LogP contribution in [0.3, 0.4) is 0 Å². The Morgan fingerprint density at radius 3 is 1.86 bits per heavy atom. The number of hydrogen-bond acceptors (Lipinski definition) is 7. The highest BCUT2D eigenvalue weighted by Crippen LogP contribution is 2.29. The molecule has 0 radical (unpaired) electrons. The molecule has 1 aromatic heterocycles. The monoisotopic (exact) mass is 494 g/mol. The smallest absolute Gasteiger partial charge is 0.248 e. The van der Waals surface area contributed by atoms with Crippen molar-refractivity contribution in [3.8, 4) is 11.5 Å². The number of carbonyl (C=O) groups excluding carboxylic acids is 1. The molecule has 0 spiro atoms. The molecule has 2 aliphatic rings. The number of ketones is 1. The lowest BCUT2D eigenvalue weighted by atomic mass is 9.87. The molecule has 0 saturated carbocycles. The third kappa shape index (κ3) is 5.03. The van der Waals surface area contributed by atoms with Crippen LogP contribution in [0.2, 0.25) is 0 Å². The Balaban J connectivity index is 1.29. The summed E-state index contributed by atoms with van der Waals surface area (Å²) in [5.41, 5.74) is 7.95. The fraction of sp³-hybridized carbons (Fsp3) is 0.267. The van der Waals surface area contributed by atoms with Gasteiger partial charge in [-0.05, 0) is 64.5 Å². The van der Waals surface area contributed by atoms with Crippen LogP contribution >= 0.6 is 0 Å². The number of nitrogens with one attached hydrogen (secondary N) is 1. The van der Waals surface area contributed by atoms with Gasteiger partial charge in [0, 0.05) is 16.7 Å². The van der Waals surface area contributed by atoms with E-state index in [-0.39, 0.29) is 28.4 Å². The zero-order valence-corrected chi connectivity index (χ0v) is 21.9. The quantitative estimate of drug-likeness (QED) is 0.446. The first-order chi connectivity index (χ1) is 17.5. The largest absolute Gasteiger partial charge is 0.418 e. The van der Waals surface area contributed by atoms with E-state index in [0.717, 1.165) is 11.1 Å². The van der Waals surface area contributed by atoms with Crippen molar-refractivity contribution in [2.45, 2.75) is 52.4 Å². The van der Waals surface area contributed by atoms with Gasteiger partial charge in [0.05, 0.1) is 5.57 Å². The maximum absolute atomic E-state index is 12.9. The van der Waals surface area contributed by atoms with E-state index in [1.165, 1.54) is 17.2 Å². The van der Waals surface area contributed by atoms with E-state index in [0.29, 0.717) is 22.9 Å². The van der Waals surface area contributed by atoms with E-state index in [1.807, 2.05) is 24.3 Å². The van der Waals surface area contributed by atoms with Gasteiger partial charge in [0.15, 0.2) is 5.78 Å². The number of carbonyl (C=O) groups is 1. The van der Waals surface area contributed by atoms with E-state index in [1.54, 1.807) is 12.2 Å². The molecule has 5 rings (SSSR count). The van der Waals surface area contributed by atoms with Crippen LogP contribution in [0.1, 0.15) is 64.1 Å². The Bertz CT molecular complexity index is 1470. The Morgan fingerprint density at radius 1 is 0.730 bits per heavy atom. The van der Waals surface area contributed by atoms with Crippen molar-refractivity contribution in [1.29, 1.82) is 0 Å². The predicted octanol–water partition coefficient (Wildman–Crippen LogP) is 6.05. The van der Waals surface area contributed by atoms with Crippen molar-refractivity contribution in [1.82, 2.24) is 15.6 Å². The Morgan fingerprint density at radius 2 is 1.30 bits per heavy atom. The SMILES string of the molecule is CC(C)(C)c1ccc(C2=NN/C(=C3/C=CC(c4nnc(-c5ccc(C(C)(C)C)cc5)o4)=CC3=O)O2)cc1. The van der Waals surface area contributed by atoms with Crippen LogP contribution in [0.15, 0.2) is 87.7 Å². The van der Waals surface area contributed by atoms with Gasteiger partial charge in [-0.1, -0.05) is 65.8 Å². The minimum Gasteiger partial charge on any atom is -0.418 e. The summed E-state index contributed by atoms with van der Waals surface area (Å²) in [7, 11) is 0. The highest BCUT2D eigenvalue weighted by Gasteiger charge is 2.25. The second kappa shape index (κ2) is 9.00. The molecule has 1 aliphatic carbocycles. The van der Waals surface area contributed by atoms with Crippen molar-refractivity contribution in [2.24, 2.45) is 5.10 Å². The molecule has 0 amide bonds. The first-order valence-electron chi connectivity index (χ1n) is 12.2. The third-order valence-electron chi connectivity index (χ3n) is 6.35. The van der Waals surface area contributed by atoms with Crippen molar-refractivity contribution < 1.29 is 13.9 Å². The highest BCUT2D eigenvalue weighted by atomic mass is 16.5. The molecule has 0 atom stereocenters. The zero-order chi connectivity index (χ0) is 26.4. The van der Waals surface area contributed by atoms with Crippen molar-refractivity contribution >= 4 is 17.3 Å². The standard InChI is InChI=1S/C30H30N4O3/c1-29(2,3)21-12-7-18(8-13-21)25-31-33-27(36-25)20-11-16-23(24(35)17-20)28-34-32-26(37-28)19-9-14-22(15-10-19)30(4,5)6/h7-17,34H,1-6H3/b28-23+. The summed E-state index contributed by atoms with van der Waals surface area (Å²) >= 11 is 0. The van der Waals surface area contributed by atoms with Crippen LogP contribution in [0.25, 0.3) is 17.0 Å².